The Kier molecular flexibility index (Phi) is 5.73. The first-order valence-electron chi connectivity index (χ1n) is 6.86. The number of carbonyl (C=O) groups excluding carboxylic acids is 1. The van der Waals surface area contributed by atoms with E-state index in [2.05, 4.69) is 15.6 Å². The fourth-order valence-corrected chi connectivity index (χ4v) is 3.18. The summed E-state index contributed by atoms with van der Waals surface area (Å²) in [6, 6.07) is 10.1. The third kappa shape index (κ3) is 4.03. The molecule has 1 aliphatic rings. The quantitative estimate of drug-likeness (QED) is 0.912. The number of nitrogens with zero attached hydrogens (tertiary/aromatic N) is 1. The van der Waals surface area contributed by atoms with Crippen molar-refractivity contribution in [2.45, 2.75) is 12.8 Å². The maximum Gasteiger partial charge on any atom is 0.229 e. The summed E-state index contributed by atoms with van der Waals surface area (Å²) >= 11 is 1.52. The summed E-state index contributed by atoms with van der Waals surface area (Å²) in [4.78, 5) is 17.5. The molecule has 1 fully saturated rings. The number of anilines is 1. The van der Waals surface area contributed by atoms with Gasteiger partial charge < -0.3 is 10.6 Å². The molecule has 0 saturated carbocycles. The van der Waals surface area contributed by atoms with Crippen molar-refractivity contribution in [1.82, 2.24) is 10.3 Å². The van der Waals surface area contributed by atoms with Crippen LogP contribution in [0.1, 0.15) is 12.8 Å². The van der Waals surface area contributed by atoms with Crippen molar-refractivity contribution in [2.24, 2.45) is 5.92 Å². The second-order valence-electron chi connectivity index (χ2n) is 4.91. The number of hydrogen-bond donors (Lipinski definition) is 2. The predicted octanol–water partition coefficient (Wildman–Crippen LogP) is 3.17. The number of thiazole rings is 1. The second-order valence-corrected chi connectivity index (χ2v) is 5.94. The Hall–Kier alpha value is -1.43. The van der Waals surface area contributed by atoms with Crippen LogP contribution in [0.4, 0.5) is 5.13 Å². The normalized spacial score (nSPS) is 15.2. The number of aromatic nitrogens is 1. The molecule has 1 aromatic carbocycles. The van der Waals surface area contributed by atoms with Gasteiger partial charge in [0.15, 0.2) is 5.13 Å². The first kappa shape index (κ1) is 15.9. The molecule has 1 amide bonds. The second kappa shape index (κ2) is 7.54. The molecular weight excluding hydrogens is 306 g/mol. The predicted molar refractivity (Wildman–Crippen MR) is 89.0 cm³/mol. The molecule has 21 heavy (non-hydrogen) atoms. The Morgan fingerprint density at radius 2 is 1.95 bits per heavy atom. The molecule has 0 atom stereocenters. The van der Waals surface area contributed by atoms with Crippen LogP contribution in [0.5, 0.6) is 0 Å². The number of nitrogens with one attached hydrogen (secondary N) is 2. The lowest BCUT2D eigenvalue weighted by Gasteiger charge is -2.20. The SMILES string of the molecule is Cl.O=C(Nc1ncc(-c2ccccc2)s1)C1CCNCC1. The molecule has 4 nitrogen and oxygen atoms in total. The van der Waals surface area contributed by atoms with E-state index in [-0.39, 0.29) is 24.2 Å². The van der Waals surface area contributed by atoms with Crippen LogP contribution in [0, 0.1) is 5.92 Å². The summed E-state index contributed by atoms with van der Waals surface area (Å²) in [7, 11) is 0. The number of benzene rings is 1. The number of carbonyl (C=O) groups is 1. The van der Waals surface area contributed by atoms with Crippen LogP contribution in [0.2, 0.25) is 0 Å². The fraction of sp³-hybridized carbons (Fsp3) is 0.333. The number of halogens is 1. The van der Waals surface area contributed by atoms with E-state index in [0.29, 0.717) is 5.13 Å². The van der Waals surface area contributed by atoms with Gasteiger partial charge in [0.1, 0.15) is 0 Å². The van der Waals surface area contributed by atoms with E-state index < -0.39 is 0 Å². The summed E-state index contributed by atoms with van der Waals surface area (Å²) in [6.07, 6.45) is 3.63. The van der Waals surface area contributed by atoms with Crippen LogP contribution in [0.15, 0.2) is 36.5 Å². The summed E-state index contributed by atoms with van der Waals surface area (Å²) in [5.74, 6) is 0.209. The smallest absolute Gasteiger partial charge is 0.229 e. The zero-order chi connectivity index (χ0) is 13.8. The highest BCUT2D eigenvalue weighted by Gasteiger charge is 2.21. The van der Waals surface area contributed by atoms with Gasteiger partial charge in [0.25, 0.3) is 0 Å². The largest absolute Gasteiger partial charge is 0.317 e. The molecule has 0 spiro atoms. The van der Waals surface area contributed by atoms with Crippen LogP contribution >= 0.6 is 23.7 Å². The van der Waals surface area contributed by atoms with Gasteiger partial charge in [-0.05, 0) is 31.5 Å². The molecule has 0 radical (unpaired) electrons. The van der Waals surface area contributed by atoms with E-state index in [4.69, 9.17) is 0 Å². The van der Waals surface area contributed by atoms with E-state index in [1.165, 1.54) is 11.3 Å². The van der Waals surface area contributed by atoms with Crippen LogP contribution in [-0.2, 0) is 4.79 Å². The Labute approximate surface area is 134 Å². The summed E-state index contributed by atoms with van der Waals surface area (Å²) in [6.45, 7) is 1.84. The Morgan fingerprint density at radius 3 is 2.67 bits per heavy atom. The summed E-state index contributed by atoms with van der Waals surface area (Å²) in [5.41, 5.74) is 1.13. The maximum atomic E-state index is 12.1. The average molecular weight is 324 g/mol. The molecule has 2 aromatic rings. The maximum absolute atomic E-state index is 12.1. The van der Waals surface area contributed by atoms with E-state index in [0.717, 1.165) is 36.4 Å². The lowest BCUT2D eigenvalue weighted by Crippen LogP contribution is -2.34. The van der Waals surface area contributed by atoms with Crippen molar-refractivity contribution in [3.05, 3.63) is 36.5 Å². The lowest BCUT2D eigenvalue weighted by molar-refractivity contribution is -0.120. The molecule has 2 heterocycles. The highest BCUT2D eigenvalue weighted by Crippen LogP contribution is 2.29. The van der Waals surface area contributed by atoms with Crippen molar-refractivity contribution in [1.29, 1.82) is 0 Å². The third-order valence-corrected chi connectivity index (χ3v) is 4.47. The van der Waals surface area contributed by atoms with E-state index in [1.54, 1.807) is 0 Å². The van der Waals surface area contributed by atoms with Gasteiger partial charge in [-0.1, -0.05) is 41.7 Å². The third-order valence-electron chi connectivity index (χ3n) is 3.50. The Bertz CT molecular complexity index is 582. The molecule has 1 aromatic heterocycles. The number of hydrogen-bond acceptors (Lipinski definition) is 4. The molecule has 0 bridgehead atoms. The molecule has 112 valence electrons. The van der Waals surface area contributed by atoms with Crippen LogP contribution < -0.4 is 10.6 Å². The van der Waals surface area contributed by atoms with E-state index in [9.17, 15) is 4.79 Å². The van der Waals surface area contributed by atoms with Crippen molar-refractivity contribution in [2.75, 3.05) is 18.4 Å². The zero-order valence-electron chi connectivity index (χ0n) is 11.5. The van der Waals surface area contributed by atoms with Crippen molar-refractivity contribution >= 4 is 34.8 Å². The fourth-order valence-electron chi connectivity index (χ4n) is 2.36. The molecule has 0 unspecified atom stereocenters. The summed E-state index contributed by atoms with van der Waals surface area (Å²) in [5, 5.41) is 6.90. The van der Waals surface area contributed by atoms with Crippen molar-refractivity contribution in [3.63, 3.8) is 0 Å². The van der Waals surface area contributed by atoms with E-state index in [1.807, 2.05) is 36.5 Å². The number of amides is 1. The highest BCUT2D eigenvalue weighted by atomic mass is 35.5. The van der Waals surface area contributed by atoms with Gasteiger partial charge in [0.05, 0.1) is 4.88 Å². The van der Waals surface area contributed by atoms with Gasteiger partial charge in [0, 0.05) is 12.1 Å². The Morgan fingerprint density at radius 1 is 1.24 bits per heavy atom. The molecule has 0 aliphatic carbocycles. The van der Waals surface area contributed by atoms with Crippen molar-refractivity contribution in [3.8, 4) is 10.4 Å². The molecule has 1 saturated heterocycles. The van der Waals surface area contributed by atoms with Gasteiger partial charge >= 0.3 is 0 Å². The topological polar surface area (TPSA) is 54.0 Å². The summed E-state index contributed by atoms with van der Waals surface area (Å²) < 4.78 is 0. The molecule has 2 N–H and O–H groups in total. The standard InChI is InChI=1S/C15H17N3OS.ClH/c19-14(12-6-8-16-9-7-12)18-15-17-10-13(20-15)11-4-2-1-3-5-11;/h1-5,10,12,16H,6-9H2,(H,17,18,19);1H. The monoisotopic (exact) mass is 323 g/mol. The minimum Gasteiger partial charge on any atom is -0.317 e. The van der Waals surface area contributed by atoms with Gasteiger partial charge in [-0.3, -0.25) is 4.79 Å². The van der Waals surface area contributed by atoms with Crippen LogP contribution in [-0.4, -0.2) is 24.0 Å². The van der Waals surface area contributed by atoms with Gasteiger partial charge in [-0.15, -0.1) is 12.4 Å². The van der Waals surface area contributed by atoms with Gasteiger partial charge in [0.2, 0.25) is 5.91 Å². The molecule has 6 heteroatoms. The first-order valence-corrected chi connectivity index (χ1v) is 7.67. The Balaban J connectivity index is 0.00000161. The molecular formula is C15H18ClN3OS. The lowest BCUT2D eigenvalue weighted by atomic mass is 9.97. The minimum atomic E-state index is 0. The van der Waals surface area contributed by atoms with Gasteiger partial charge in [-0.25, -0.2) is 4.98 Å². The zero-order valence-corrected chi connectivity index (χ0v) is 13.2. The molecule has 1 aliphatic heterocycles. The van der Waals surface area contributed by atoms with Gasteiger partial charge in [-0.2, -0.15) is 0 Å². The molecule has 3 rings (SSSR count). The van der Waals surface area contributed by atoms with Crippen LogP contribution in [0.25, 0.3) is 10.4 Å². The minimum absolute atomic E-state index is 0. The number of rotatable bonds is 3. The highest BCUT2D eigenvalue weighted by molar-refractivity contribution is 7.19. The number of piperidine rings is 1. The van der Waals surface area contributed by atoms with Crippen molar-refractivity contribution < 1.29 is 4.79 Å². The average Bonchev–Trinajstić information content (AvgIpc) is 2.97. The van der Waals surface area contributed by atoms with E-state index >= 15 is 0 Å². The van der Waals surface area contributed by atoms with Crippen LogP contribution in [0.3, 0.4) is 0 Å². The first-order chi connectivity index (χ1) is 9.83.